The number of benzene rings is 2. The number of aromatic nitrogens is 5. The zero-order valence-corrected chi connectivity index (χ0v) is 15.7. The SMILES string of the molecule is FC(F)(F)c1cccc(-c2nnn(Cc3csc(COc4ccccc4)n3)n2)c1. The molecule has 4 aromatic rings. The van der Waals surface area contributed by atoms with Crippen molar-refractivity contribution in [3.05, 3.63) is 76.2 Å². The highest BCUT2D eigenvalue weighted by atomic mass is 32.1. The van der Waals surface area contributed by atoms with E-state index in [0.29, 0.717) is 6.61 Å². The molecule has 0 N–H and O–H groups in total. The van der Waals surface area contributed by atoms with Gasteiger partial charge < -0.3 is 4.74 Å². The maximum Gasteiger partial charge on any atom is 0.416 e. The summed E-state index contributed by atoms with van der Waals surface area (Å²) in [5.41, 5.74) is 0.213. The molecule has 6 nitrogen and oxygen atoms in total. The monoisotopic (exact) mass is 417 g/mol. The van der Waals surface area contributed by atoms with Crippen LogP contribution in [0, 0.1) is 0 Å². The molecule has 0 radical (unpaired) electrons. The van der Waals surface area contributed by atoms with Gasteiger partial charge in [-0.25, -0.2) is 4.98 Å². The molecule has 0 bridgehead atoms. The quantitative estimate of drug-likeness (QED) is 0.464. The van der Waals surface area contributed by atoms with Crippen molar-refractivity contribution >= 4 is 11.3 Å². The van der Waals surface area contributed by atoms with Crippen LogP contribution in [-0.4, -0.2) is 25.2 Å². The fourth-order valence-electron chi connectivity index (χ4n) is 2.55. The molecule has 0 aliphatic heterocycles. The summed E-state index contributed by atoms with van der Waals surface area (Å²) in [6, 6.07) is 14.3. The lowest BCUT2D eigenvalue weighted by atomic mass is 10.1. The molecule has 0 spiro atoms. The van der Waals surface area contributed by atoms with Crippen LogP contribution in [0.1, 0.15) is 16.3 Å². The first-order valence-corrected chi connectivity index (χ1v) is 9.42. The summed E-state index contributed by atoms with van der Waals surface area (Å²) in [5.74, 6) is 0.881. The van der Waals surface area contributed by atoms with E-state index in [-0.39, 0.29) is 17.9 Å². The van der Waals surface area contributed by atoms with Gasteiger partial charge in [0.25, 0.3) is 0 Å². The van der Waals surface area contributed by atoms with E-state index in [9.17, 15) is 13.2 Å². The second-order valence-corrected chi connectivity index (χ2v) is 7.00. The van der Waals surface area contributed by atoms with Gasteiger partial charge in [0, 0.05) is 10.9 Å². The summed E-state index contributed by atoms with van der Waals surface area (Å²) in [6.07, 6.45) is -4.43. The number of hydrogen-bond donors (Lipinski definition) is 0. The molecule has 0 aliphatic rings. The standard InChI is InChI=1S/C19H14F3N5OS/c20-19(21,22)14-6-4-5-13(9-14)18-24-26-27(25-18)10-15-12-29-17(23-15)11-28-16-7-2-1-3-8-16/h1-9,12H,10-11H2. The number of ether oxygens (including phenoxy) is 1. The molecule has 2 heterocycles. The first kappa shape index (κ1) is 19.1. The predicted molar refractivity (Wildman–Crippen MR) is 100 cm³/mol. The zero-order valence-electron chi connectivity index (χ0n) is 14.9. The summed E-state index contributed by atoms with van der Waals surface area (Å²) in [5, 5.41) is 14.6. The Bertz CT molecular complexity index is 1090. The molecule has 148 valence electrons. The number of rotatable bonds is 6. The van der Waals surface area contributed by atoms with Crippen LogP contribution in [0.2, 0.25) is 0 Å². The van der Waals surface area contributed by atoms with Gasteiger partial charge in [0.1, 0.15) is 23.9 Å². The lowest BCUT2D eigenvalue weighted by Gasteiger charge is -2.06. The molecule has 0 aliphatic carbocycles. The first-order valence-electron chi connectivity index (χ1n) is 8.54. The van der Waals surface area contributed by atoms with Crippen LogP contribution < -0.4 is 4.74 Å². The van der Waals surface area contributed by atoms with Gasteiger partial charge in [0.15, 0.2) is 0 Å². The van der Waals surface area contributed by atoms with Crippen molar-refractivity contribution in [3.8, 4) is 17.1 Å². The van der Waals surface area contributed by atoms with Gasteiger partial charge in [0.05, 0.1) is 11.3 Å². The van der Waals surface area contributed by atoms with E-state index in [1.807, 2.05) is 35.7 Å². The van der Waals surface area contributed by atoms with E-state index in [1.165, 1.54) is 28.3 Å². The summed E-state index contributed by atoms with van der Waals surface area (Å²) >= 11 is 1.45. The molecule has 4 rings (SSSR count). The zero-order chi connectivity index (χ0) is 20.3. The van der Waals surface area contributed by atoms with Crippen molar-refractivity contribution in [2.75, 3.05) is 0 Å². The van der Waals surface area contributed by atoms with Crippen molar-refractivity contribution in [1.82, 2.24) is 25.2 Å². The summed E-state index contributed by atoms with van der Waals surface area (Å²) < 4.78 is 44.3. The highest BCUT2D eigenvalue weighted by molar-refractivity contribution is 7.09. The van der Waals surface area contributed by atoms with E-state index in [4.69, 9.17) is 4.74 Å². The van der Waals surface area contributed by atoms with Gasteiger partial charge in [-0.15, -0.1) is 21.5 Å². The van der Waals surface area contributed by atoms with Crippen LogP contribution in [0.15, 0.2) is 60.0 Å². The van der Waals surface area contributed by atoms with Crippen molar-refractivity contribution in [3.63, 3.8) is 0 Å². The molecule has 0 atom stereocenters. The third-order valence-electron chi connectivity index (χ3n) is 3.91. The highest BCUT2D eigenvalue weighted by Crippen LogP contribution is 2.31. The molecular weight excluding hydrogens is 403 g/mol. The van der Waals surface area contributed by atoms with E-state index in [2.05, 4.69) is 20.4 Å². The van der Waals surface area contributed by atoms with Gasteiger partial charge in [0.2, 0.25) is 5.82 Å². The summed E-state index contributed by atoms with van der Waals surface area (Å²) in [4.78, 5) is 5.76. The van der Waals surface area contributed by atoms with E-state index < -0.39 is 11.7 Å². The summed E-state index contributed by atoms with van der Waals surface area (Å²) in [6.45, 7) is 0.600. The Kier molecular flexibility index (Phi) is 5.26. The third-order valence-corrected chi connectivity index (χ3v) is 4.78. The number of thiazole rings is 1. The fourth-order valence-corrected chi connectivity index (χ4v) is 3.25. The second kappa shape index (κ2) is 8.00. The molecule has 10 heteroatoms. The molecular formula is C19H14F3N5OS. The molecule has 0 saturated heterocycles. The number of nitrogens with zero attached hydrogens (tertiary/aromatic N) is 5. The van der Waals surface area contributed by atoms with Crippen molar-refractivity contribution in [2.45, 2.75) is 19.3 Å². The van der Waals surface area contributed by atoms with Crippen LogP contribution in [0.5, 0.6) is 5.75 Å². The molecule has 2 aromatic carbocycles. The average Bonchev–Trinajstić information content (AvgIpc) is 3.37. The van der Waals surface area contributed by atoms with Crippen LogP contribution >= 0.6 is 11.3 Å². The summed E-state index contributed by atoms with van der Waals surface area (Å²) in [7, 11) is 0. The lowest BCUT2D eigenvalue weighted by Crippen LogP contribution is -2.05. The predicted octanol–water partition coefficient (Wildman–Crippen LogP) is 4.44. The highest BCUT2D eigenvalue weighted by Gasteiger charge is 2.30. The van der Waals surface area contributed by atoms with Gasteiger partial charge in [-0.1, -0.05) is 30.3 Å². The largest absolute Gasteiger partial charge is 0.486 e. The number of hydrogen-bond acceptors (Lipinski definition) is 6. The number of para-hydroxylation sites is 1. The van der Waals surface area contributed by atoms with Gasteiger partial charge in [-0.05, 0) is 29.5 Å². The maximum atomic E-state index is 12.9. The van der Waals surface area contributed by atoms with Crippen LogP contribution in [0.3, 0.4) is 0 Å². The number of halogens is 3. The molecule has 0 unspecified atom stereocenters. The van der Waals surface area contributed by atoms with E-state index in [1.54, 1.807) is 0 Å². The minimum Gasteiger partial charge on any atom is -0.486 e. The molecule has 0 fully saturated rings. The second-order valence-electron chi connectivity index (χ2n) is 6.06. The van der Waals surface area contributed by atoms with Crippen molar-refractivity contribution in [2.24, 2.45) is 0 Å². The van der Waals surface area contributed by atoms with Crippen molar-refractivity contribution in [1.29, 1.82) is 0 Å². The van der Waals surface area contributed by atoms with Gasteiger partial charge >= 0.3 is 6.18 Å². The van der Waals surface area contributed by atoms with E-state index in [0.717, 1.165) is 28.6 Å². The number of tetrazole rings is 1. The maximum absolute atomic E-state index is 12.9. The Morgan fingerprint density at radius 3 is 2.66 bits per heavy atom. The van der Waals surface area contributed by atoms with Crippen LogP contribution in [0.25, 0.3) is 11.4 Å². The Balaban J connectivity index is 1.42. The molecule has 2 aromatic heterocycles. The smallest absolute Gasteiger partial charge is 0.416 e. The Labute approximate surface area is 167 Å². The Morgan fingerprint density at radius 2 is 1.86 bits per heavy atom. The van der Waals surface area contributed by atoms with Gasteiger partial charge in [-0.2, -0.15) is 18.0 Å². The molecule has 0 amide bonds. The lowest BCUT2D eigenvalue weighted by molar-refractivity contribution is -0.137. The van der Waals surface area contributed by atoms with Crippen LogP contribution in [0.4, 0.5) is 13.2 Å². The topological polar surface area (TPSA) is 65.7 Å². The molecule has 0 saturated carbocycles. The van der Waals surface area contributed by atoms with Crippen molar-refractivity contribution < 1.29 is 17.9 Å². The van der Waals surface area contributed by atoms with E-state index >= 15 is 0 Å². The minimum absolute atomic E-state index is 0.124. The molecule has 29 heavy (non-hydrogen) atoms. The van der Waals surface area contributed by atoms with Crippen LogP contribution in [-0.2, 0) is 19.3 Å². The number of alkyl halides is 3. The Hall–Kier alpha value is -3.27. The first-order chi connectivity index (χ1) is 14.0. The normalized spacial score (nSPS) is 11.6. The Morgan fingerprint density at radius 1 is 1.03 bits per heavy atom. The average molecular weight is 417 g/mol. The third kappa shape index (κ3) is 4.77. The fraction of sp³-hybridized carbons (Fsp3) is 0.158. The van der Waals surface area contributed by atoms with Gasteiger partial charge in [-0.3, -0.25) is 0 Å². The minimum atomic E-state index is -4.43.